The fourth-order valence-corrected chi connectivity index (χ4v) is 0.888. The highest BCUT2D eigenvalue weighted by atomic mass is 16.4. The van der Waals surface area contributed by atoms with E-state index in [9.17, 15) is 4.79 Å². The van der Waals surface area contributed by atoms with Crippen molar-refractivity contribution in [3.63, 3.8) is 0 Å². The Morgan fingerprint density at radius 1 is 1.54 bits per heavy atom. The van der Waals surface area contributed by atoms with Gasteiger partial charge in [-0.15, -0.1) is 10.2 Å². The summed E-state index contributed by atoms with van der Waals surface area (Å²) >= 11 is 0. The Morgan fingerprint density at radius 3 is 2.62 bits per heavy atom. The molecule has 1 heterocycles. The molecule has 0 fully saturated rings. The third-order valence-electron chi connectivity index (χ3n) is 1.45. The molecule has 6 heteroatoms. The van der Waals surface area contributed by atoms with Gasteiger partial charge >= 0.3 is 5.97 Å². The molecule has 1 rings (SSSR count). The maximum atomic E-state index is 10.7. The third-order valence-corrected chi connectivity index (χ3v) is 1.45. The maximum Gasteiger partial charge on any atom is 0.339 e. The molecule has 0 unspecified atom stereocenters. The van der Waals surface area contributed by atoms with Gasteiger partial charge < -0.3 is 15.7 Å². The van der Waals surface area contributed by atoms with Crippen LogP contribution in [-0.2, 0) is 0 Å². The Balaban J connectivity index is 3.27. The highest BCUT2D eigenvalue weighted by Crippen LogP contribution is 2.15. The van der Waals surface area contributed by atoms with Crippen molar-refractivity contribution in [2.45, 2.75) is 0 Å². The number of rotatable bonds is 2. The normalized spacial score (nSPS) is 9.69. The molecule has 13 heavy (non-hydrogen) atoms. The van der Waals surface area contributed by atoms with Crippen LogP contribution in [0.25, 0.3) is 0 Å². The van der Waals surface area contributed by atoms with Crippen LogP contribution in [0.2, 0.25) is 0 Å². The number of aromatic carboxylic acids is 1. The monoisotopic (exact) mass is 182 g/mol. The van der Waals surface area contributed by atoms with E-state index in [-0.39, 0.29) is 11.4 Å². The number of carboxylic acids is 1. The van der Waals surface area contributed by atoms with E-state index in [0.29, 0.717) is 5.82 Å². The van der Waals surface area contributed by atoms with Crippen molar-refractivity contribution in [1.82, 2.24) is 10.2 Å². The minimum atomic E-state index is -1.06. The average Bonchev–Trinajstić information content (AvgIpc) is 2.03. The van der Waals surface area contributed by atoms with E-state index in [1.165, 1.54) is 6.07 Å². The first-order chi connectivity index (χ1) is 6.02. The number of aromatic nitrogens is 2. The molecule has 0 amide bonds. The predicted molar refractivity (Wildman–Crippen MR) is 47.7 cm³/mol. The van der Waals surface area contributed by atoms with Gasteiger partial charge in [-0.3, -0.25) is 0 Å². The summed E-state index contributed by atoms with van der Waals surface area (Å²) in [5.74, 6) is -0.671. The van der Waals surface area contributed by atoms with E-state index in [4.69, 9.17) is 10.8 Å². The van der Waals surface area contributed by atoms with Crippen LogP contribution in [-0.4, -0.2) is 35.4 Å². The van der Waals surface area contributed by atoms with Crippen molar-refractivity contribution in [1.29, 1.82) is 0 Å². The van der Waals surface area contributed by atoms with E-state index in [1.807, 2.05) is 0 Å². The zero-order valence-electron chi connectivity index (χ0n) is 7.35. The summed E-state index contributed by atoms with van der Waals surface area (Å²) in [6.45, 7) is 0. The second kappa shape index (κ2) is 3.26. The summed E-state index contributed by atoms with van der Waals surface area (Å²) in [5, 5.41) is 16.0. The van der Waals surface area contributed by atoms with Crippen molar-refractivity contribution in [3.8, 4) is 0 Å². The molecule has 0 saturated heterocycles. The summed E-state index contributed by atoms with van der Waals surface area (Å²) in [5.41, 5.74) is 5.36. The molecule has 1 aromatic rings. The van der Waals surface area contributed by atoms with Crippen LogP contribution >= 0.6 is 0 Å². The lowest BCUT2D eigenvalue weighted by Gasteiger charge is -2.12. The molecule has 0 bridgehead atoms. The minimum absolute atomic E-state index is 0.0532. The van der Waals surface area contributed by atoms with E-state index in [2.05, 4.69) is 10.2 Å². The number of hydrogen-bond acceptors (Lipinski definition) is 5. The molecule has 0 radical (unpaired) electrons. The first-order valence-electron chi connectivity index (χ1n) is 3.56. The lowest BCUT2D eigenvalue weighted by molar-refractivity contribution is 0.0697. The van der Waals surface area contributed by atoms with Gasteiger partial charge in [0, 0.05) is 20.2 Å². The fourth-order valence-electron chi connectivity index (χ4n) is 0.888. The van der Waals surface area contributed by atoms with Crippen molar-refractivity contribution in [3.05, 3.63) is 11.6 Å². The van der Waals surface area contributed by atoms with Crippen molar-refractivity contribution < 1.29 is 9.90 Å². The van der Waals surface area contributed by atoms with E-state index in [1.54, 1.807) is 19.0 Å². The number of hydrogen-bond donors (Lipinski definition) is 2. The zero-order valence-corrected chi connectivity index (χ0v) is 7.35. The number of nitrogen functional groups attached to an aromatic ring is 1. The zero-order chi connectivity index (χ0) is 10.0. The first kappa shape index (κ1) is 9.24. The van der Waals surface area contributed by atoms with Crippen LogP contribution in [0.4, 0.5) is 11.6 Å². The number of carboxylic acid groups (broad SMARTS) is 1. The summed E-state index contributed by atoms with van der Waals surface area (Å²) in [6, 6.07) is 1.28. The summed E-state index contributed by atoms with van der Waals surface area (Å²) < 4.78 is 0. The van der Waals surface area contributed by atoms with Crippen LogP contribution in [0.1, 0.15) is 10.4 Å². The van der Waals surface area contributed by atoms with E-state index >= 15 is 0 Å². The smallest absolute Gasteiger partial charge is 0.339 e. The van der Waals surface area contributed by atoms with Gasteiger partial charge in [-0.2, -0.15) is 0 Å². The summed E-state index contributed by atoms with van der Waals surface area (Å²) in [7, 11) is 3.37. The van der Waals surface area contributed by atoms with Gasteiger partial charge in [0.1, 0.15) is 11.4 Å². The van der Waals surface area contributed by atoms with Crippen LogP contribution < -0.4 is 10.6 Å². The molecule has 0 saturated carbocycles. The Labute approximate surface area is 75.0 Å². The Morgan fingerprint density at radius 2 is 2.15 bits per heavy atom. The van der Waals surface area contributed by atoms with E-state index in [0.717, 1.165) is 0 Å². The number of carbonyl (C=O) groups is 1. The van der Waals surface area contributed by atoms with Crippen LogP contribution in [0, 0.1) is 0 Å². The third kappa shape index (κ3) is 1.84. The molecule has 0 aliphatic rings. The molecular weight excluding hydrogens is 172 g/mol. The Bertz CT molecular complexity index is 337. The highest BCUT2D eigenvalue weighted by Gasteiger charge is 2.14. The summed E-state index contributed by atoms with van der Waals surface area (Å²) in [6.07, 6.45) is 0. The fraction of sp³-hybridized carbons (Fsp3) is 0.286. The van der Waals surface area contributed by atoms with Crippen LogP contribution in [0.5, 0.6) is 0 Å². The van der Waals surface area contributed by atoms with Gasteiger partial charge in [-0.25, -0.2) is 4.79 Å². The lowest BCUT2D eigenvalue weighted by atomic mass is 10.2. The van der Waals surface area contributed by atoms with E-state index < -0.39 is 5.97 Å². The molecule has 70 valence electrons. The molecule has 0 atom stereocenters. The SMILES string of the molecule is CN(C)c1nnc(N)cc1C(=O)O. The van der Waals surface area contributed by atoms with Gasteiger partial charge in [0.25, 0.3) is 0 Å². The molecule has 6 nitrogen and oxygen atoms in total. The van der Waals surface area contributed by atoms with Gasteiger partial charge in [-0.1, -0.05) is 0 Å². The maximum absolute atomic E-state index is 10.7. The molecule has 0 aliphatic heterocycles. The van der Waals surface area contributed by atoms with Gasteiger partial charge in [-0.05, 0) is 0 Å². The Hall–Kier alpha value is -1.85. The molecule has 1 aromatic heterocycles. The topological polar surface area (TPSA) is 92.3 Å². The number of anilines is 2. The molecule has 0 aliphatic carbocycles. The van der Waals surface area contributed by atoms with Gasteiger partial charge in [0.2, 0.25) is 0 Å². The second-order valence-electron chi connectivity index (χ2n) is 2.71. The number of nitrogens with zero attached hydrogens (tertiary/aromatic N) is 3. The molecule has 0 spiro atoms. The molecule has 3 N–H and O–H groups in total. The lowest BCUT2D eigenvalue weighted by Crippen LogP contribution is -2.17. The number of nitrogens with two attached hydrogens (primary N) is 1. The molecule has 0 aromatic carbocycles. The first-order valence-corrected chi connectivity index (χ1v) is 3.56. The minimum Gasteiger partial charge on any atom is -0.478 e. The Kier molecular flexibility index (Phi) is 2.32. The average molecular weight is 182 g/mol. The van der Waals surface area contributed by atoms with Crippen molar-refractivity contribution >= 4 is 17.6 Å². The highest BCUT2D eigenvalue weighted by molar-refractivity contribution is 5.93. The van der Waals surface area contributed by atoms with Crippen LogP contribution in [0.3, 0.4) is 0 Å². The van der Waals surface area contributed by atoms with Gasteiger partial charge in [0.05, 0.1) is 0 Å². The molecular formula is C7H10N4O2. The van der Waals surface area contributed by atoms with Crippen molar-refractivity contribution in [2.24, 2.45) is 0 Å². The predicted octanol–water partition coefficient (Wildman–Crippen LogP) is -0.177. The van der Waals surface area contributed by atoms with Crippen molar-refractivity contribution in [2.75, 3.05) is 24.7 Å². The second-order valence-corrected chi connectivity index (χ2v) is 2.71. The standard InChI is InChI=1S/C7H10N4O2/c1-11(2)6-4(7(12)13)3-5(8)9-10-6/h3H,1-2H3,(H2,8,9)(H,12,13). The largest absolute Gasteiger partial charge is 0.478 e. The summed E-state index contributed by atoms with van der Waals surface area (Å²) in [4.78, 5) is 12.3. The van der Waals surface area contributed by atoms with Gasteiger partial charge in [0.15, 0.2) is 5.82 Å². The quantitative estimate of drug-likeness (QED) is 0.659. The van der Waals surface area contributed by atoms with Crippen LogP contribution in [0.15, 0.2) is 6.07 Å².